The van der Waals surface area contributed by atoms with Crippen LogP contribution in [0.3, 0.4) is 0 Å². The van der Waals surface area contributed by atoms with E-state index in [0.29, 0.717) is 12.7 Å². The Labute approximate surface area is 102 Å². The molecule has 0 saturated carbocycles. The van der Waals surface area contributed by atoms with E-state index in [1.54, 1.807) is 0 Å². The molecule has 0 unspecified atom stereocenters. The van der Waals surface area contributed by atoms with Crippen molar-refractivity contribution >= 4 is 51.3 Å². The predicted molar refractivity (Wildman–Crippen MR) is 67.0 cm³/mol. The number of phenols is 3. The molecule has 0 amide bonds. The molecule has 3 N–H and O–H groups in total. The second-order valence-corrected chi connectivity index (χ2v) is 4.45. The summed E-state index contributed by atoms with van der Waals surface area (Å²) < 4.78 is 0.958. The van der Waals surface area contributed by atoms with Gasteiger partial charge in [-0.2, -0.15) is 0 Å². The predicted octanol–water partition coefficient (Wildman–Crippen LogP) is 2.66. The van der Waals surface area contributed by atoms with E-state index in [-0.39, 0.29) is 11.5 Å². The van der Waals surface area contributed by atoms with Crippen LogP contribution in [0.5, 0.6) is 17.2 Å². The normalized spacial score (nSPS) is 10.0. The summed E-state index contributed by atoms with van der Waals surface area (Å²) in [6.07, 6.45) is 1.52. The van der Waals surface area contributed by atoms with Crippen LogP contribution in [0.25, 0.3) is 6.08 Å². The highest BCUT2D eigenvalue weighted by Gasteiger charge is 2.18. The lowest BCUT2D eigenvalue weighted by Crippen LogP contribution is -1.88. The molecule has 0 heterocycles. The fraction of sp³-hybridized carbons (Fsp3) is 0. The van der Waals surface area contributed by atoms with E-state index < -0.39 is 5.75 Å². The lowest BCUT2D eigenvalue weighted by molar-refractivity contribution is 0.364. The number of halogens is 2. The van der Waals surface area contributed by atoms with E-state index in [0.717, 1.165) is 0 Å². The van der Waals surface area contributed by atoms with E-state index in [9.17, 15) is 15.3 Å². The van der Waals surface area contributed by atoms with Gasteiger partial charge >= 0.3 is 0 Å². The monoisotopic (exact) mass is 404 g/mol. The molecule has 1 aromatic carbocycles. The zero-order valence-corrected chi connectivity index (χ0v) is 10.7. The summed E-state index contributed by atoms with van der Waals surface area (Å²) in [4.78, 5) is 0. The first-order valence-electron chi connectivity index (χ1n) is 3.25. The summed E-state index contributed by atoms with van der Waals surface area (Å²) in [6, 6.07) is 0. The molecule has 70 valence electrons. The van der Waals surface area contributed by atoms with Gasteiger partial charge in [-0.3, -0.25) is 0 Å². The van der Waals surface area contributed by atoms with Crippen LogP contribution >= 0.6 is 45.2 Å². The van der Waals surface area contributed by atoms with Gasteiger partial charge in [-0.05, 0) is 45.2 Å². The molecule has 1 rings (SSSR count). The summed E-state index contributed by atoms with van der Waals surface area (Å²) in [5, 5.41) is 28.0. The molecule has 3 nitrogen and oxygen atoms in total. The van der Waals surface area contributed by atoms with Crippen molar-refractivity contribution in [2.45, 2.75) is 0 Å². The highest BCUT2D eigenvalue weighted by atomic mass is 127. The van der Waals surface area contributed by atoms with Crippen molar-refractivity contribution in [2.75, 3.05) is 0 Å². The Hall–Kier alpha value is -0.180. The number of phenolic OH excluding ortho intramolecular Hbond substituents is 3. The van der Waals surface area contributed by atoms with Gasteiger partial charge < -0.3 is 15.3 Å². The summed E-state index contributed by atoms with van der Waals surface area (Å²) in [6.45, 7) is 3.55. The molecule has 5 heteroatoms. The quantitative estimate of drug-likeness (QED) is 0.499. The molecule has 0 radical (unpaired) electrons. The molecule has 0 aliphatic rings. The Balaban J connectivity index is 3.66. The fourth-order valence-electron chi connectivity index (χ4n) is 0.851. The van der Waals surface area contributed by atoms with E-state index in [1.165, 1.54) is 6.08 Å². The lowest BCUT2D eigenvalue weighted by Gasteiger charge is -2.09. The topological polar surface area (TPSA) is 60.7 Å². The van der Waals surface area contributed by atoms with E-state index in [2.05, 4.69) is 6.58 Å². The number of aromatic hydroxyl groups is 3. The van der Waals surface area contributed by atoms with Crippen LogP contribution in [0, 0.1) is 7.14 Å². The van der Waals surface area contributed by atoms with Crippen LogP contribution in [0.1, 0.15) is 5.56 Å². The van der Waals surface area contributed by atoms with Crippen LogP contribution < -0.4 is 0 Å². The Morgan fingerprint density at radius 2 is 1.31 bits per heavy atom. The third-order valence-electron chi connectivity index (χ3n) is 1.54. The summed E-state index contributed by atoms with van der Waals surface area (Å²) in [5.41, 5.74) is 0.619. The second kappa shape index (κ2) is 3.91. The Morgan fingerprint density at radius 1 is 0.923 bits per heavy atom. The maximum Gasteiger partial charge on any atom is 0.202 e. The van der Waals surface area contributed by atoms with Gasteiger partial charge in [0.2, 0.25) is 5.75 Å². The minimum Gasteiger partial charge on any atom is -0.503 e. The molecule has 0 aromatic heterocycles. The van der Waals surface area contributed by atoms with Gasteiger partial charge in [-0.15, -0.1) is 0 Å². The van der Waals surface area contributed by atoms with Crippen molar-refractivity contribution < 1.29 is 15.3 Å². The van der Waals surface area contributed by atoms with Crippen LogP contribution in [0.15, 0.2) is 6.58 Å². The number of hydrogen-bond donors (Lipinski definition) is 3. The van der Waals surface area contributed by atoms with Gasteiger partial charge in [0, 0.05) is 5.56 Å². The molecular weight excluding hydrogens is 398 g/mol. The molecule has 0 atom stereocenters. The van der Waals surface area contributed by atoms with E-state index in [4.69, 9.17) is 0 Å². The summed E-state index contributed by atoms with van der Waals surface area (Å²) in [7, 11) is 0. The zero-order valence-electron chi connectivity index (χ0n) is 6.38. The molecule has 0 fully saturated rings. The molecule has 13 heavy (non-hydrogen) atoms. The SMILES string of the molecule is C=Cc1c(I)c(O)c(O)c(O)c1I. The van der Waals surface area contributed by atoms with Crippen LogP contribution in [-0.2, 0) is 0 Å². The molecule has 0 bridgehead atoms. The molecule has 0 aliphatic carbocycles. The third kappa shape index (κ3) is 1.71. The average molecular weight is 404 g/mol. The highest BCUT2D eigenvalue weighted by Crippen LogP contribution is 2.44. The first-order valence-corrected chi connectivity index (χ1v) is 5.40. The van der Waals surface area contributed by atoms with Crippen molar-refractivity contribution in [1.82, 2.24) is 0 Å². The average Bonchev–Trinajstić information content (AvgIpc) is 2.13. The van der Waals surface area contributed by atoms with Crippen LogP contribution in [0.4, 0.5) is 0 Å². The van der Waals surface area contributed by atoms with Gasteiger partial charge in [0.25, 0.3) is 0 Å². The van der Waals surface area contributed by atoms with Crippen molar-refractivity contribution in [1.29, 1.82) is 0 Å². The van der Waals surface area contributed by atoms with Crippen molar-refractivity contribution in [3.63, 3.8) is 0 Å². The standard InChI is InChI=1S/C8H6I2O3/c1-2-3-4(9)6(11)8(13)7(12)5(3)10/h2,11-13H,1H2. The number of rotatable bonds is 1. The Bertz CT molecular complexity index is 345. The van der Waals surface area contributed by atoms with Crippen LogP contribution in [-0.4, -0.2) is 15.3 Å². The minimum absolute atomic E-state index is 0.312. The molecule has 0 spiro atoms. The van der Waals surface area contributed by atoms with Crippen molar-refractivity contribution in [3.05, 3.63) is 19.3 Å². The Kier molecular flexibility index (Phi) is 3.28. The van der Waals surface area contributed by atoms with Gasteiger partial charge in [0.1, 0.15) is 0 Å². The smallest absolute Gasteiger partial charge is 0.202 e. The second-order valence-electron chi connectivity index (χ2n) is 2.29. The Morgan fingerprint density at radius 3 is 1.62 bits per heavy atom. The maximum absolute atomic E-state index is 9.35. The summed E-state index contributed by atoms with van der Waals surface area (Å²) in [5.74, 6) is -1.11. The fourth-order valence-corrected chi connectivity index (χ4v) is 2.86. The van der Waals surface area contributed by atoms with Gasteiger partial charge in [-0.1, -0.05) is 12.7 Å². The lowest BCUT2D eigenvalue weighted by atomic mass is 10.2. The zero-order chi connectivity index (χ0) is 10.2. The number of benzene rings is 1. The molecule has 1 aromatic rings. The van der Waals surface area contributed by atoms with E-state index in [1.807, 2.05) is 45.2 Å². The molecular formula is C8H6I2O3. The van der Waals surface area contributed by atoms with Gasteiger partial charge in [-0.25, -0.2) is 0 Å². The first kappa shape index (κ1) is 10.9. The van der Waals surface area contributed by atoms with Gasteiger partial charge in [0.15, 0.2) is 11.5 Å². The molecule has 0 saturated heterocycles. The van der Waals surface area contributed by atoms with Crippen molar-refractivity contribution in [3.8, 4) is 17.2 Å². The third-order valence-corrected chi connectivity index (χ3v) is 3.73. The van der Waals surface area contributed by atoms with Gasteiger partial charge in [0.05, 0.1) is 7.14 Å². The van der Waals surface area contributed by atoms with Crippen molar-refractivity contribution in [2.24, 2.45) is 0 Å². The molecule has 0 aliphatic heterocycles. The number of hydrogen-bond acceptors (Lipinski definition) is 3. The highest BCUT2D eigenvalue weighted by molar-refractivity contribution is 14.1. The largest absolute Gasteiger partial charge is 0.503 e. The van der Waals surface area contributed by atoms with Crippen LogP contribution in [0.2, 0.25) is 0 Å². The maximum atomic E-state index is 9.35. The first-order chi connectivity index (χ1) is 6.00. The summed E-state index contributed by atoms with van der Waals surface area (Å²) >= 11 is 3.75. The van der Waals surface area contributed by atoms with E-state index >= 15 is 0 Å². The minimum atomic E-state index is -0.487.